The average molecular weight is 419 g/mol. The fourth-order valence-electron chi connectivity index (χ4n) is 3.67. The Morgan fingerprint density at radius 1 is 1.29 bits per heavy atom. The molecular formula is C20H20Cl2N4O2. The maximum atomic E-state index is 12.6. The van der Waals surface area contributed by atoms with E-state index < -0.39 is 0 Å². The molecule has 1 fully saturated rings. The molecule has 0 unspecified atom stereocenters. The average Bonchev–Trinajstić information content (AvgIpc) is 3.33. The molecule has 8 heteroatoms. The number of imidazole rings is 1. The van der Waals surface area contributed by atoms with Crippen LogP contribution in [0.3, 0.4) is 0 Å². The summed E-state index contributed by atoms with van der Waals surface area (Å²) in [6, 6.07) is 5.48. The fourth-order valence-corrected chi connectivity index (χ4v) is 4.04. The van der Waals surface area contributed by atoms with E-state index in [0.29, 0.717) is 46.9 Å². The van der Waals surface area contributed by atoms with Crippen molar-refractivity contribution in [3.05, 3.63) is 69.5 Å². The summed E-state index contributed by atoms with van der Waals surface area (Å²) < 4.78 is 7.01. The third-order valence-electron chi connectivity index (χ3n) is 5.22. The van der Waals surface area contributed by atoms with Gasteiger partial charge in [0.15, 0.2) is 0 Å². The summed E-state index contributed by atoms with van der Waals surface area (Å²) in [5.41, 5.74) is 2.13. The zero-order valence-electron chi connectivity index (χ0n) is 15.4. The molecule has 3 heterocycles. The first-order valence-electron chi connectivity index (χ1n) is 9.18. The Hall–Kier alpha value is -2.31. The molecule has 1 aliphatic rings. The molecule has 1 saturated heterocycles. The summed E-state index contributed by atoms with van der Waals surface area (Å²) >= 11 is 12.4. The molecule has 0 atom stereocenters. The number of likely N-dealkylation sites (tertiary alicyclic amines) is 1. The second-order valence-corrected chi connectivity index (χ2v) is 7.87. The van der Waals surface area contributed by atoms with Gasteiger partial charge in [0, 0.05) is 41.4 Å². The van der Waals surface area contributed by atoms with Crippen LogP contribution in [-0.4, -0.2) is 38.6 Å². The molecule has 4 rings (SSSR count). The first-order chi connectivity index (χ1) is 13.5. The SMILES string of the molecule is Cc1nocc1C(=O)N1CCC(c2nccn2Cc2cc(Cl)ccc2Cl)CC1. The van der Waals surface area contributed by atoms with Crippen LogP contribution in [-0.2, 0) is 6.54 Å². The third kappa shape index (κ3) is 3.80. The van der Waals surface area contributed by atoms with Gasteiger partial charge in [-0.2, -0.15) is 0 Å². The van der Waals surface area contributed by atoms with E-state index in [9.17, 15) is 4.79 Å². The van der Waals surface area contributed by atoms with Gasteiger partial charge in [-0.05, 0) is 43.5 Å². The molecule has 0 N–H and O–H groups in total. The van der Waals surface area contributed by atoms with E-state index in [1.807, 2.05) is 29.4 Å². The summed E-state index contributed by atoms with van der Waals surface area (Å²) in [4.78, 5) is 19.1. The largest absolute Gasteiger partial charge is 0.364 e. The number of rotatable bonds is 4. The maximum absolute atomic E-state index is 12.6. The molecular weight excluding hydrogens is 399 g/mol. The van der Waals surface area contributed by atoms with Crippen LogP contribution in [0.25, 0.3) is 0 Å². The lowest BCUT2D eigenvalue weighted by atomic mass is 9.95. The molecule has 0 radical (unpaired) electrons. The monoisotopic (exact) mass is 418 g/mol. The highest BCUT2D eigenvalue weighted by Gasteiger charge is 2.28. The van der Waals surface area contributed by atoms with E-state index in [1.54, 1.807) is 13.0 Å². The Bertz CT molecular complexity index is 990. The molecule has 1 aliphatic heterocycles. The molecule has 0 aliphatic carbocycles. The number of carbonyl (C=O) groups excluding carboxylic acids is 1. The smallest absolute Gasteiger partial charge is 0.259 e. The third-order valence-corrected chi connectivity index (χ3v) is 5.83. The van der Waals surface area contributed by atoms with Crippen LogP contribution in [0, 0.1) is 6.92 Å². The van der Waals surface area contributed by atoms with Gasteiger partial charge in [0.2, 0.25) is 0 Å². The molecule has 0 saturated carbocycles. The molecule has 2 aromatic heterocycles. The van der Waals surface area contributed by atoms with Gasteiger partial charge in [-0.15, -0.1) is 0 Å². The number of aryl methyl sites for hydroxylation is 1. The van der Waals surface area contributed by atoms with Crippen molar-refractivity contribution >= 4 is 29.1 Å². The summed E-state index contributed by atoms with van der Waals surface area (Å²) in [6.07, 6.45) is 6.91. The molecule has 0 bridgehead atoms. The van der Waals surface area contributed by atoms with E-state index >= 15 is 0 Å². The number of aromatic nitrogens is 3. The van der Waals surface area contributed by atoms with Crippen molar-refractivity contribution in [2.75, 3.05) is 13.1 Å². The highest BCUT2D eigenvalue weighted by atomic mass is 35.5. The number of hydrogen-bond donors (Lipinski definition) is 0. The second-order valence-electron chi connectivity index (χ2n) is 7.03. The Morgan fingerprint density at radius 2 is 2.07 bits per heavy atom. The molecule has 1 aromatic carbocycles. The molecule has 3 aromatic rings. The molecule has 1 amide bonds. The summed E-state index contributed by atoms with van der Waals surface area (Å²) in [7, 11) is 0. The Kier molecular flexibility index (Phi) is 5.42. The van der Waals surface area contributed by atoms with Gasteiger partial charge in [0.25, 0.3) is 5.91 Å². The minimum atomic E-state index is -0.0220. The lowest BCUT2D eigenvalue weighted by Crippen LogP contribution is -2.38. The molecule has 6 nitrogen and oxygen atoms in total. The second kappa shape index (κ2) is 7.97. The maximum Gasteiger partial charge on any atom is 0.259 e. The number of amides is 1. The van der Waals surface area contributed by atoms with Crippen molar-refractivity contribution < 1.29 is 9.32 Å². The van der Waals surface area contributed by atoms with E-state index in [2.05, 4.69) is 14.7 Å². The first-order valence-corrected chi connectivity index (χ1v) is 9.93. The Morgan fingerprint density at radius 3 is 2.79 bits per heavy atom. The molecule has 0 spiro atoms. The predicted molar refractivity (Wildman–Crippen MR) is 107 cm³/mol. The van der Waals surface area contributed by atoms with Crippen LogP contribution in [0.15, 0.2) is 41.4 Å². The van der Waals surface area contributed by atoms with Gasteiger partial charge >= 0.3 is 0 Å². The minimum absolute atomic E-state index is 0.0220. The number of nitrogens with zero attached hydrogens (tertiary/aromatic N) is 4. The predicted octanol–water partition coefficient (Wildman–Crippen LogP) is 4.55. The van der Waals surface area contributed by atoms with Crippen molar-refractivity contribution in [2.24, 2.45) is 0 Å². The topological polar surface area (TPSA) is 64.2 Å². The van der Waals surface area contributed by atoms with Gasteiger partial charge in [-0.3, -0.25) is 4.79 Å². The Labute approximate surface area is 173 Å². The van der Waals surface area contributed by atoms with Crippen LogP contribution in [0.2, 0.25) is 10.0 Å². The number of hydrogen-bond acceptors (Lipinski definition) is 4. The Balaban J connectivity index is 1.45. The summed E-state index contributed by atoms with van der Waals surface area (Å²) in [5, 5.41) is 5.15. The van der Waals surface area contributed by atoms with Gasteiger partial charge in [-0.1, -0.05) is 28.4 Å². The van der Waals surface area contributed by atoms with Crippen molar-refractivity contribution in [1.29, 1.82) is 0 Å². The molecule has 146 valence electrons. The lowest BCUT2D eigenvalue weighted by Gasteiger charge is -2.31. The van der Waals surface area contributed by atoms with Crippen LogP contribution in [0.1, 0.15) is 46.2 Å². The first kappa shape index (κ1) is 19.0. The van der Waals surface area contributed by atoms with Crippen LogP contribution in [0.4, 0.5) is 0 Å². The normalized spacial score (nSPS) is 15.2. The number of piperidine rings is 1. The highest BCUT2D eigenvalue weighted by molar-refractivity contribution is 6.33. The summed E-state index contributed by atoms with van der Waals surface area (Å²) in [5.74, 6) is 1.29. The minimum Gasteiger partial charge on any atom is -0.364 e. The van der Waals surface area contributed by atoms with Crippen LogP contribution < -0.4 is 0 Å². The standard InChI is InChI=1S/C20H20Cl2N4O2/c1-13-17(12-28-24-13)20(27)25-7-4-14(5-8-25)19-23-6-9-26(19)11-15-10-16(21)2-3-18(15)22/h2-3,6,9-10,12,14H,4-5,7-8,11H2,1H3. The zero-order chi connectivity index (χ0) is 19.7. The lowest BCUT2D eigenvalue weighted by molar-refractivity contribution is 0.0709. The van der Waals surface area contributed by atoms with Crippen molar-refractivity contribution in [3.8, 4) is 0 Å². The number of carbonyl (C=O) groups is 1. The molecule has 28 heavy (non-hydrogen) atoms. The van der Waals surface area contributed by atoms with Crippen molar-refractivity contribution in [1.82, 2.24) is 19.6 Å². The number of benzene rings is 1. The van der Waals surface area contributed by atoms with Gasteiger partial charge in [0.1, 0.15) is 17.7 Å². The van der Waals surface area contributed by atoms with Gasteiger partial charge < -0.3 is 14.0 Å². The number of halogens is 2. The van der Waals surface area contributed by atoms with E-state index in [4.69, 9.17) is 27.7 Å². The van der Waals surface area contributed by atoms with E-state index in [0.717, 1.165) is 24.2 Å². The summed E-state index contributed by atoms with van der Waals surface area (Å²) in [6.45, 7) is 3.76. The van der Waals surface area contributed by atoms with Crippen LogP contribution >= 0.6 is 23.2 Å². The van der Waals surface area contributed by atoms with E-state index in [-0.39, 0.29) is 5.91 Å². The highest BCUT2D eigenvalue weighted by Crippen LogP contribution is 2.29. The quantitative estimate of drug-likeness (QED) is 0.622. The fraction of sp³-hybridized carbons (Fsp3) is 0.350. The van der Waals surface area contributed by atoms with Crippen LogP contribution in [0.5, 0.6) is 0 Å². The van der Waals surface area contributed by atoms with E-state index in [1.165, 1.54) is 6.26 Å². The van der Waals surface area contributed by atoms with Crippen molar-refractivity contribution in [3.63, 3.8) is 0 Å². The van der Waals surface area contributed by atoms with Crippen molar-refractivity contribution in [2.45, 2.75) is 32.2 Å². The van der Waals surface area contributed by atoms with Gasteiger partial charge in [0.05, 0.1) is 12.2 Å². The zero-order valence-corrected chi connectivity index (χ0v) is 17.0. The van der Waals surface area contributed by atoms with Gasteiger partial charge in [-0.25, -0.2) is 4.98 Å².